The maximum atomic E-state index is 13.0. The molecule has 0 aliphatic heterocycles. The van der Waals surface area contributed by atoms with Crippen LogP contribution in [0.15, 0.2) is 67.0 Å². The number of carbonyl (C=O) groups is 1. The van der Waals surface area contributed by atoms with E-state index >= 15 is 0 Å². The Labute approximate surface area is 168 Å². The van der Waals surface area contributed by atoms with Crippen LogP contribution in [0.3, 0.4) is 0 Å². The van der Waals surface area contributed by atoms with E-state index in [9.17, 15) is 18.0 Å². The first-order valence-electron chi connectivity index (χ1n) is 8.71. The minimum atomic E-state index is -4.46. The molecule has 150 valence electrons. The van der Waals surface area contributed by atoms with Crippen LogP contribution in [0.2, 0.25) is 0 Å². The van der Waals surface area contributed by atoms with E-state index in [0.29, 0.717) is 22.0 Å². The van der Waals surface area contributed by atoms with Gasteiger partial charge < -0.3 is 10.4 Å². The average molecular weight is 410 g/mol. The molecule has 30 heavy (non-hydrogen) atoms. The zero-order valence-electron chi connectivity index (χ0n) is 15.2. The maximum Gasteiger partial charge on any atom is 0.416 e. The fourth-order valence-corrected chi connectivity index (χ4v) is 2.98. The van der Waals surface area contributed by atoms with E-state index < -0.39 is 17.7 Å². The summed E-state index contributed by atoms with van der Waals surface area (Å²) in [7, 11) is 0. The van der Waals surface area contributed by atoms with E-state index in [1.54, 1.807) is 24.4 Å². The van der Waals surface area contributed by atoms with Gasteiger partial charge in [-0.15, -0.1) is 10.2 Å². The van der Waals surface area contributed by atoms with Gasteiger partial charge in [-0.3, -0.25) is 4.98 Å². The van der Waals surface area contributed by atoms with Crippen LogP contribution >= 0.6 is 0 Å². The first-order chi connectivity index (χ1) is 14.3. The molecule has 9 heteroatoms. The maximum absolute atomic E-state index is 13.0. The first-order valence-corrected chi connectivity index (χ1v) is 8.71. The first kappa shape index (κ1) is 19.3. The topological polar surface area (TPSA) is 88.0 Å². The minimum absolute atomic E-state index is 0.139. The number of benzene rings is 2. The molecule has 0 bridgehead atoms. The highest BCUT2D eigenvalue weighted by atomic mass is 19.4. The number of aromatic nitrogens is 3. The molecule has 4 rings (SSSR count). The molecule has 0 saturated heterocycles. The molecule has 0 atom stereocenters. The van der Waals surface area contributed by atoms with Crippen LogP contribution in [0.25, 0.3) is 22.0 Å². The molecular weight excluding hydrogens is 397 g/mol. The number of aromatic carboxylic acids is 1. The lowest BCUT2D eigenvalue weighted by molar-refractivity contribution is -0.137. The van der Waals surface area contributed by atoms with E-state index in [0.717, 1.165) is 12.1 Å². The van der Waals surface area contributed by atoms with Crippen molar-refractivity contribution in [2.24, 2.45) is 0 Å². The van der Waals surface area contributed by atoms with Gasteiger partial charge in [0.1, 0.15) is 5.69 Å². The number of nitrogens with one attached hydrogen (secondary N) is 1. The van der Waals surface area contributed by atoms with Gasteiger partial charge in [-0.2, -0.15) is 13.2 Å². The van der Waals surface area contributed by atoms with Crippen LogP contribution in [0, 0.1) is 0 Å². The SMILES string of the molecule is O=C(O)c1ccc(-c2nnc(Nc3cccc(C(F)(F)F)c3)c3cnccc23)cc1. The molecule has 0 saturated carbocycles. The van der Waals surface area contributed by atoms with E-state index in [-0.39, 0.29) is 17.1 Å². The Balaban J connectivity index is 1.75. The monoisotopic (exact) mass is 410 g/mol. The smallest absolute Gasteiger partial charge is 0.416 e. The molecule has 0 radical (unpaired) electrons. The summed E-state index contributed by atoms with van der Waals surface area (Å²) < 4.78 is 38.9. The predicted octanol–water partition coefficient (Wildman–Crippen LogP) is 5.15. The van der Waals surface area contributed by atoms with E-state index in [1.807, 2.05) is 0 Å². The van der Waals surface area contributed by atoms with Crippen molar-refractivity contribution in [1.29, 1.82) is 0 Å². The van der Waals surface area contributed by atoms with Crippen molar-refractivity contribution < 1.29 is 23.1 Å². The second-order valence-corrected chi connectivity index (χ2v) is 6.40. The highest BCUT2D eigenvalue weighted by molar-refractivity contribution is 6.00. The zero-order valence-corrected chi connectivity index (χ0v) is 15.2. The summed E-state index contributed by atoms with van der Waals surface area (Å²) in [5.74, 6) is -0.786. The highest BCUT2D eigenvalue weighted by Crippen LogP contribution is 2.33. The van der Waals surface area contributed by atoms with Gasteiger partial charge in [0.05, 0.1) is 11.1 Å². The van der Waals surface area contributed by atoms with Crippen molar-refractivity contribution in [3.63, 3.8) is 0 Å². The van der Waals surface area contributed by atoms with Crippen molar-refractivity contribution in [3.8, 4) is 11.3 Å². The van der Waals surface area contributed by atoms with Crippen LogP contribution < -0.4 is 5.32 Å². The summed E-state index contributed by atoms with van der Waals surface area (Å²) in [6.45, 7) is 0. The quantitative estimate of drug-likeness (QED) is 0.484. The third-order valence-electron chi connectivity index (χ3n) is 4.44. The Morgan fingerprint density at radius 2 is 1.73 bits per heavy atom. The third-order valence-corrected chi connectivity index (χ3v) is 4.44. The number of hydrogen-bond donors (Lipinski definition) is 2. The highest BCUT2D eigenvalue weighted by Gasteiger charge is 2.30. The molecule has 2 aromatic heterocycles. The second kappa shape index (κ2) is 7.43. The molecule has 2 N–H and O–H groups in total. The summed E-state index contributed by atoms with van der Waals surface area (Å²) in [5.41, 5.74) is 0.717. The van der Waals surface area contributed by atoms with Gasteiger partial charge in [0.25, 0.3) is 0 Å². The Hall–Kier alpha value is -4.01. The minimum Gasteiger partial charge on any atom is -0.478 e. The molecule has 0 unspecified atom stereocenters. The zero-order chi connectivity index (χ0) is 21.3. The van der Waals surface area contributed by atoms with Crippen LogP contribution in [0.1, 0.15) is 15.9 Å². The summed E-state index contributed by atoms with van der Waals surface area (Å²) in [4.78, 5) is 15.1. The average Bonchev–Trinajstić information content (AvgIpc) is 2.74. The predicted molar refractivity (Wildman–Crippen MR) is 104 cm³/mol. The van der Waals surface area contributed by atoms with Gasteiger partial charge in [0.15, 0.2) is 5.82 Å². The van der Waals surface area contributed by atoms with Gasteiger partial charge >= 0.3 is 12.1 Å². The standard InChI is InChI=1S/C21H13F3N4O2/c22-21(23,24)14-2-1-3-15(10-14)26-19-17-11-25-9-8-16(17)18(27-28-19)12-4-6-13(7-5-12)20(29)30/h1-11H,(H,26,28)(H,29,30). The number of carboxylic acid groups (broad SMARTS) is 1. The summed E-state index contributed by atoms with van der Waals surface area (Å²) >= 11 is 0. The van der Waals surface area contributed by atoms with Gasteiger partial charge in [-0.1, -0.05) is 18.2 Å². The molecule has 0 fully saturated rings. The lowest BCUT2D eigenvalue weighted by Gasteiger charge is -2.12. The van der Waals surface area contributed by atoms with Crippen molar-refractivity contribution in [1.82, 2.24) is 15.2 Å². The lowest BCUT2D eigenvalue weighted by Crippen LogP contribution is -2.06. The van der Waals surface area contributed by atoms with Crippen LogP contribution in [0.4, 0.5) is 24.7 Å². The Bertz CT molecular complexity index is 1240. The van der Waals surface area contributed by atoms with E-state index in [2.05, 4.69) is 20.5 Å². The molecule has 2 heterocycles. The lowest BCUT2D eigenvalue weighted by atomic mass is 10.0. The number of alkyl halides is 3. The van der Waals surface area contributed by atoms with Crippen LogP contribution in [-0.4, -0.2) is 26.3 Å². The van der Waals surface area contributed by atoms with Crippen LogP contribution in [0.5, 0.6) is 0 Å². The number of hydrogen-bond acceptors (Lipinski definition) is 5. The number of halogens is 3. The number of nitrogens with zero attached hydrogens (tertiary/aromatic N) is 3. The number of carboxylic acids is 1. The molecule has 0 spiro atoms. The Morgan fingerprint density at radius 3 is 2.43 bits per heavy atom. The molecule has 4 aromatic rings. The van der Waals surface area contributed by atoms with Crippen molar-refractivity contribution >= 4 is 28.2 Å². The van der Waals surface area contributed by atoms with Gasteiger partial charge in [0.2, 0.25) is 0 Å². The van der Waals surface area contributed by atoms with Crippen molar-refractivity contribution in [2.45, 2.75) is 6.18 Å². The summed E-state index contributed by atoms with van der Waals surface area (Å²) in [6.07, 6.45) is -1.36. The van der Waals surface area contributed by atoms with Crippen molar-refractivity contribution in [2.75, 3.05) is 5.32 Å². The van der Waals surface area contributed by atoms with E-state index in [4.69, 9.17) is 5.11 Å². The fourth-order valence-electron chi connectivity index (χ4n) is 2.98. The van der Waals surface area contributed by atoms with Gasteiger partial charge in [-0.25, -0.2) is 4.79 Å². The number of rotatable bonds is 4. The second-order valence-electron chi connectivity index (χ2n) is 6.40. The van der Waals surface area contributed by atoms with Crippen LogP contribution in [-0.2, 0) is 6.18 Å². The number of anilines is 2. The molecule has 0 amide bonds. The molecule has 0 aliphatic rings. The van der Waals surface area contributed by atoms with Crippen molar-refractivity contribution in [3.05, 3.63) is 78.1 Å². The third kappa shape index (κ3) is 3.77. The number of pyridine rings is 1. The molecule has 2 aromatic carbocycles. The Kier molecular flexibility index (Phi) is 4.78. The Morgan fingerprint density at radius 1 is 0.967 bits per heavy atom. The molecule has 6 nitrogen and oxygen atoms in total. The van der Waals surface area contributed by atoms with Gasteiger partial charge in [-0.05, 0) is 36.4 Å². The summed E-state index contributed by atoms with van der Waals surface area (Å²) in [5, 5.41) is 21.5. The number of fused-ring (bicyclic) bond motifs is 1. The van der Waals surface area contributed by atoms with E-state index in [1.165, 1.54) is 30.5 Å². The van der Waals surface area contributed by atoms with Gasteiger partial charge in [0, 0.05) is 34.4 Å². The fraction of sp³-hybridized carbons (Fsp3) is 0.0476. The largest absolute Gasteiger partial charge is 0.478 e. The normalized spacial score (nSPS) is 11.4. The molecular formula is C21H13F3N4O2. The molecule has 0 aliphatic carbocycles. The summed E-state index contributed by atoms with van der Waals surface area (Å²) in [6, 6.07) is 12.6.